The maximum atomic E-state index is 11.6. The monoisotopic (exact) mass is 220 g/mol. The van der Waals surface area contributed by atoms with Crippen molar-refractivity contribution in [3.8, 4) is 0 Å². The van der Waals surface area contributed by atoms with Crippen LogP contribution in [0.15, 0.2) is 24.3 Å². The maximum Gasteiger partial charge on any atom is 0.294 e. The molecule has 84 valence electrons. The standard InChI is InChI=1S/C11H12N2O3/c1-13(2)11(16)9(14)7-3-5-8(6-4-7)10(12)15/h3-6H,1-2H3,(H2,12,15). The second-order valence-electron chi connectivity index (χ2n) is 3.47. The Kier molecular flexibility index (Phi) is 3.40. The van der Waals surface area contributed by atoms with Crippen LogP contribution in [0.2, 0.25) is 0 Å². The molecule has 0 aliphatic carbocycles. The van der Waals surface area contributed by atoms with E-state index >= 15 is 0 Å². The van der Waals surface area contributed by atoms with Crippen molar-refractivity contribution in [3.63, 3.8) is 0 Å². The largest absolute Gasteiger partial charge is 0.366 e. The minimum absolute atomic E-state index is 0.240. The molecule has 0 spiro atoms. The minimum Gasteiger partial charge on any atom is -0.366 e. The second-order valence-corrected chi connectivity index (χ2v) is 3.47. The van der Waals surface area contributed by atoms with Crippen molar-refractivity contribution in [3.05, 3.63) is 35.4 Å². The molecule has 1 aromatic rings. The molecule has 2 amide bonds. The first-order chi connectivity index (χ1) is 7.43. The lowest BCUT2D eigenvalue weighted by atomic mass is 10.1. The number of Topliss-reactive ketones (excluding diaryl/α,β-unsaturated/α-hetero) is 1. The van der Waals surface area contributed by atoms with Gasteiger partial charge in [-0.25, -0.2) is 0 Å². The normalized spacial score (nSPS) is 9.62. The van der Waals surface area contributed by atoms with Crippen LogP contribution in [0.1, 0.15) is 20.7 Å². The van der Waals surface area contributed by atoms with Crippen LogP contribution in [0, 0.1) is 0 Å². The Balaban J connectivity index is 2.94. The summed E-state index contributed by atoms with van der Waals surface area (Å²) in [5.74, 6) is -1.79. The van der Waals surface area contributed by atoms with E-state index in [2.05, 4.69) is 0 Å². The Morgan fingerprint density at radius 2 is 1.44 bits per heavy atom. The third kappa shape index (κ3) is 2.44. The highest BCUT2D eigenvalue weighted by Gasteiger charge is 2.17. The molecule has 0 unspecified atom stereocenters. The number of likely N-dealkylation sites (N-methyl/N-ethyl adjacent to an activating group) is 1. The highest BCUT2D eigenvalue weighted by molar-refractivity contribution is 6.42. The maximum absolute atomic E-state index is 11.6. The van der Waals surface area contributed by atoms with Crippen LogP contribution in [-0.4, -0.2) is 36.6 Å². The average Bonchev–Trinajstić information content (AvgIpc) is 2.27. The predicted molar refractivity (Wildman–Crippen MR) is 58.0 cm³/mol. The van der Waals surface area contributed by atoms with Crippen LogP contribution < -0.4 is 5.73 Å². The third-order valence-corrected chi connectivity index (χ3v) is 2.03. The molecule has 0 bridgehead atoms. The smallest absolute Gasteiger partial charge is 0.294 e. The lowest BCUT2D eigenvalue weighted by Crippen LogP contribution is -2.29. The van der Waals surface area contributed by atoms with Gasteiger partial charge in [0.1, 0.15) is 0 Å². The fraction of sp³-hybridized carbons (Fsp3) is 0.182. The number of hydrogen-bond acceptors (Lipinski definition) is 3. The van der Waals surface area contributed by atoms with E-state index in [0.29, 0.717) is 5.56 Å². The van der Waals surface area contributed by atoms with E-state index in [9.17, 15) is 14.4 Å². The zero-order valence-corrected chi connectivity index (χ0v) is 9.06. The van der Waals surface area contributed by atoms with E-state index in [1.54, 1.807) is 0 Å². The first-order valence-electron chi connectivity index (χ1n) is 4.59. The summed E-state index contributed by atoms with van der Waals surface area (Å²) in [5, 5.41) is 0. The third-order valence-electron chi connectivity index (χ3n) is 2.03. The Hall–Kier alpha value is -2.17. The van der Waals surface area contributed by atoms with Gasteiger partial charge in [-0.2, -0.15) is 0 Å². The first kappa shape index (κ1) is 11.9. The molecule has 0 fully saturated rings. The van der Waals surface area contributed by atoms with Gasteiger partial charge >= 0.3 is 0 Å². The van der Waals surface area contributed by atoms with Gasteiger partial charge in [0.25, 0.3) is 5.91 Å². The fourth-order valence-electron chi connectivity index (χ4n) is 1.11. The molecule has 0 aliphatic rings. The van der Waals surface area contributed by atoms with Gasteiger partial charge in [-0.3, -0.25) is 14.4 Å². The van der Waals surface area contributed by atoms with Crippen LogP contribution in [0.4, 0.5) is 0 Å². The van der Waals surface area contributed by atoms with Crippen molar-refractivity contribution >= 4 is 17.6 Å². The van der Waals surface area contributed by atoms with E-state index in [1.807, 2.05) is 0 Å². The molecule has 5 nitrogen and oxygen atoms in total. The molecule has 0 aliphatic heterocycles. The summed E-state index contributed by atoms with van der Waals surface area (Å²) < 4.78 is 0. The Labute approximate surface area is 92.8 Å². The zero-order chi connectivity index (χ0) is 12.3. The van der Waals surface area contributed by atoms with Gasteiger partial charge in [0.2, 0.25) is 11.7 Å². The first-order valence-corrected chi connectivity index (χ1v) is 4.59. The fourth-order valence-corrected chi connectivity index (χ4v) is 1.11. The number of nitrogens with zero attached hydrogens (tertiary/aromatic N) is 1. The second kappa shape index (κ2) is 4.57. The number of ketones is 1. The van der Waals surface area contributed by atoms with Crippen LogP contribution in [0.5, 0.6) is 0 Å². The summed E-state index contributed by atoms with van der Waals surface area (Å²) in [7, 11) is 3.00. The molecule has 0 radical (unpaired) electrons. The van der Waals surface area contributed by atoms with E-state index < -0.39 is 17.6 Å². The van der Waals surface area contributed by atoms with Gasteiger partial charge in [0, 0.05) is 25.2 Å². The molecular formula is C11H12N2O3. The number of rotatable bonds is 3. The average molecular weight is 220 g/mol. The molecule has 0 atom stereocenters. The van der Waals surface area contributed by atoms with E-state index in [4.69, 9.17) is 5.73 Å². The van der Waals surface area contributed by atoms with Gasteiger partial charge in [0.15, 0.2) is 0 Å². The topological polar surface area (TPSA) is 80.5 Å². The quantitative estimate of drug-likeness (QED) is 0.577. The number of benzene rings is 1. The van der Waals surface area contributed by atoms with E-state index in [-0.39, 0.29) is 5.56 Å². The van der Waals surface area contributed by atoms with E-state index in [1.165, 1.54) is 43.3 Å². The summed E-state index contributed by atoms with van der Waals surface area (Å²) in [6.45, 7) is 0. The molecule has 0 heterocycles. The molecule has 16 heavy (non-hydrogen) atoms. The summed E-state index contributed by atoms with van der Waals surface area (Å²) in [4.78, 5) is 34.9. The zero-order valence-electron chi connectivity index (χ0n) is 9.06. The van der Waals surface area contributed by atoms with Crippen molar-refractivity contribution in [1.82, 2.24) is 4.90 Å². The molecule has 2 N–H and O–H groups in total. The molecular weight excluding hydrogens is 208 g/mol. The van der Waals surface area contributed by atoms with Gasteiger partial charge in [-0.1, -0.05) is 12.1 Å². The molecule has 0 saturated carbocycles. The highest BCUT2D eigenvalue weighted by atomic mass is 16.2. The summed E-state index contributed by atoms with van der Waals surface area (Å²) >= 11 is 0. The number of carbonyl (C=O) groups excluding carboxylic acids is 3. The SMILES string of the molecule is CN(C)C(=O)C(=O)c1ccc(C(N)=O)cc1. The number of carbonyl (C=O) groups is 3. The Bertz CT molecular complexity index is 435. The number of nitrogens with two attached hydrogens (primary N) is 1. The molecule has 1 rings (SSSR count). The summed E-state index contributed by atoms with van der Waals surface area (Å²) in [6.07, 6.45) is 0. The summed E-state index contributed by atoms with van der Waals surface area (Å²) in [5.41, 5.74) is 5.59. The number of hydrogen-bond donors (Lipinski definition) is 1. The Morgan fingerprint density at radius 1 is 1.00 bits per heavy atom. The Morgan fingerprint density at radius 3 is 1.81 bits per heavy atom. The van der Waals surface area contributed by atoms with Gasteiger partial charge in [-0.15, -0.1) is 0 Å². The van der Waals surface area contributed by atoms with Crippen LogP contribution in [0.3, 0.4) is 0 Å². The number of primary amides is 1. The predicted octanol–water partition coefficient (Wildman–Crippen LogP) is 0.0564. The minimum atomic E-state index is -0.610. The van der Waals surface area contributed by atoms with Crippen LogP contribution >= 0.6 is 0 Å². The van der Waals surface area contributed by atoms with Crippen molar-refractivity contribution in [2.75, 3.05) is 14.1 Å². The molecule has 0 aromatic heterocycles. The van der Waals surface area contributed by atoms with Crippen LogP contribution in [-0.2, 0) is 4.79 Å². The molecule has 1 aromatic carbocycles. The molecule has 5 heteroatoms. The van der Waals surface area contributed by atoms with Crippen molar-refractivity contribution in [2.24, 2.45) is 5.73 Å². The highest BCUT2D eigenvalue weighted by Crippen LogP contribution is 2.05. The van der Waals surface area contributed by atoms with E-state index in [0.717, 1.165) is 0 Å². The number of amides is 2. The molecule has 0 saturated heterocycles. The van der Waals surface area contributed by atoms with Crippen LogP contribution in [0.25, 0.3) is 0 Å². The van der Waals surface area contributed by atoms with Gasteiger partial charge < -0.3 is 10.6 Å². The lowest BCUT2D eigenvalue weighted by Gasteiger charge is -2.08. The van der Waals surface area contributed by atoms with Crippen molar-refractivity contribution < 1.29 is 14.4 Å². The van der Waals surface area contributed by atoms with Crippen molar-refractivity contribution in [1.29, 1.82) is 0 Å². The summed E-state index contributed by atoms with van der Waals surface area (Å²) in [6, 6.07) is 5.64. The van der Waals surface area contributed by atoms with Crippen molar-refractivity contribution in [2.45, 2.75) is 0 Å². The van der Waals surface area contributed by atoms with Gasteiger partial charge in [0.05, 0.1) is 0 Å². The lowest BCUT2D eigenvalue weighted by molar-refractivity contribution is -0.124. The van der Waals surface area contributed by atoms with Gasteiger partial charge in [-0.05, 0) is 12.1 Å².